The van der Waals surface area contributed by atoms with Crippen molar-refractivity contribution in [2.45, 2.75) is 26.3 Å². The summed E-state index contributed by atoms with van der Waals surface area (Å²) < 4.78 is 4.98. The number of anilines is 1. The van der Waals surface area contributed by atoms with E-state index in [0.29, 0.717) is 18.8 Å². The van der Waals surface area contributed by atoms with E-state index in [9.17, 15) is 9.59 Å². The third-order valence-electron chi connectivity index (χ3n) is 2.72. The Morgan fingerprint density at radius 3 is 3.00 bits per heavy atom. The van der Waals surface area contributed by atoms with Crippen molar-refractivity contribution in [2.75, 3.05) is 11.5 Å². The lowest BCUT2D eigenvalue weighted by atomic mass is 10.1. The van der Waals surface area contributed by atoms with Crippen LogP contribution in [-0.2, 0) is 20.7 Å². The summed E-state index contributed by atoms with van der Waals surface area (Å²) in [5.74, 6) is -0.000689. The highest BCUT2D eigenvalue weighted by atomic mass is 16.5. The molecule has 1 unspecified atom stereocenters. The molecule has 1 aliphatic heterocycles. The van der Waals surface area contributed by atoms with Crippen molar-refractivity contribution in [3.05, 3.63) is 23.9 Å². The smallest absolute Gasteiger partial charge is 0.329 e. The first-order valence-corrected chi connectivity index (χ1v) is 5.55. The van der Waals surface area contributed by atoms with Crippen LogP contribution in [0, 0.1) is 0 Å². The molecule has 0 fully saturated rings. The van der Waals surface area contributed by atoms with E-state index in [-0.39, 0.29) is 11.9 Å². The highest BCUT2D eigenvalue weighted by molar-refractivity contribution is 6.00. The first kappa shape index (κ1) is 11.6. The Labute approximate surface area is 99.4 Å². The van der Waals surface area contributed by atoms with Crippen LogP contribution in [0.4, 0.5) is 5.82 Å². The molecular weight excluding hydrogens is 220 g/mol. The first-order chi connectivity index (χ1) is 8.15. The third kappa shape index (κ3) is 2.00. The Kier molecular flexibility index (Phi) is 3.08. The van der Waals surface area contributed by atoms with Crippen molar-refractivity contribution in [1.29, 1.82) is 0 Å². The molecule has 0 radical (unpaired) electrons. The van der Waals surface area contributed by atoms with Gasteiger partial charge in [0, 0.05) is 19.5 Å². The molecule has 1 aromatic heterocycles. The van der Waals surface area contributed by atoms with Crippen LogP contribution in [0.3, 0.4) is 0 Å². The van der Waals surface area contributed by atoms with Gasteiger partial charge in [0.1, 0.15) is 11.9 Å². The quantitative estimate of drug-likeness (QED) is 0.714. The number of ether oxygens (including phenoxy) is 1. The van der Waals surface area contributed by atoms with Gasteiger partial charge < -0.3 is 4.74 Å². The second-order valence-electron chi connectivity index (χ2n) is 3.85. The summed E-state index contributed by atoms with van der Waals surface area (Å²) >= 11 is 0. The molecule has 0 aromatic carbocycles. The fourth-order valence-electron chi connectivity index (χ4n) is 2.05. The van der Waals surface area contributed by atoms with E-state index in [1.807, 2.05) is 6.07 Å². The number of aromatic nitrogens is 1. The van der Waals surface area contributed by atoms with E-state index in [1.54, 1.807) is 19.2 Å². The molecule has 0 N–H and O–H groups in total. The zero-order valence-electron chi connectivity index (χ0n) is 9.84. The van der Waals surface area contributed by atoms with E-state index in [2.05, 4.69) is 4.98 Å². The Morgan fingerprint density at radius 2 is 2.35 bits per heavy atom. The van der Waals surface area contributed by atoms with E-state index in [1.165, 1.54) is 11.8 Å². The van der Waals surface area contributed by atoms with E-state index >= 15 is 0 Å². The normalized spacial score (nSPS) is 17.8. The molecule has 0 spiro atoms. The van der Waals surface area contributed by atoms with Crippen molar-refractivity contribution in [1.82, 2.24) is 4.98 Å². The maximum absolute atomic E-state index is 11.8. The summed E-state index contributed by atoms with van der Waals surface area (Å²) in [5.41, 5.74) is 0.903. The minimum absolute atomic E-state index is 0.194. The van der Waals surface area contributed by atoms with Crippen LogP contribution < -0.4 is 4.90 Å². The molecule has 5 heteroatoms. The van der Waals surface area contributed by atoms with Crippen molar-refractivity contribution in [3.8, 4) is 0 Å². The van der Waals surface area contributed by atoms with Gasteiger partial charge in [0.15, 0.2) is 0 Å². The molecule has 0 bridgehead atoms. The number of amides is 1. The molecule has 1 aliphatic rings. The highest BCUT2D eigenvalue weighted by Crippen LogP contribution is 2.30. The predicted octanol–water partition coefficient (Wildman–Crippen LogP) is 0.922. The number of carbonyl (C=O) groups is 2. The Hall–Kier alpha value is -1.91. The predicted molar refractivity (Wildman–Crippen MR) is 61.5 cm³/mol. The molecule has 2 rings (SSSR count). The fraction of sp³-hybridized carbons (Fsp3) is 0.417. The molecular formula is C12H14N2O3. The number of hydrogen-bond donors (Lipinski definition) is 0. The van der Waals surface area contributed by atoms with Crippen molar-refractivity contribution >= 4 is 17.7 Å². The number of rotatable bonds is 2. The third-order valence-corrected chi connectivity index (χ3v) is 2.72. The van der Waals surface area contributed by atoms with Crippen LogP contribution in [0.5, 0.6) is 0 Å². The van der Waals surface area contributed by atoms with E-state index < -0.39 is 6.04 Å². The van der Waals surface area contributed by atoms with E-state index in [4.69, 9.17) is 4.74 Å². The lowest BCUT2D eigenvalue weighted by molar-refractivity contribution is -0.145. The molecule has 1 amide bonds. The Bertz CT molecular complexity index is 459. The average Bonchev–Trinajstić information content (AvgIpc) is 2.68. The van der Waals surface area contributed by atoms with Gasteiger partial charge in [-0.1, -0.05) is 6.07 Å². The van der Waals surface area contributed by atoms with Crippen LogP contribution >= 0.6 is 0 Å². The number of hydrogen-bond acceptors (Lipinski definition) is 4. The number of pyridine rings is 1. The van der Waals surface area contributed by atoms with Crippen molar-refractivity contribution in [2.24, 2.45) is 0 Å². The minimum atomic E-state index is -0.572. The molecule has 1 aromatic rings. The van der Waals surface area contributed by atoms with Gasteiger partial charge in [0.05, 0.1) is 6.61 Å². The van der Waals surface area contributed by atoms with Gasteiger partial charge in [-0.15, -0.1) is 0 Å². The Morgan fingerprint density at radius 1 is 1.59 bits per heavy atom. The molecule has 0 saturated carbocycles. The molecule has 17 heavy (non-hydrogen) atoms. The SMILES string of the molecule is CCOC(=O)C1Cc2cccnc2N1C(C)=O. The maximum Gasteiger partial charge on any atom is 0.329 e. The van der Waals surface area contributed by atoms with Crippen molar-refractivity contribution in [3.63, 3.8) is 0 Å². The molecule has 90 valence electrons. The topological polar surface area (TPSA) is 59.5 Å². The lowest BCUT2D eigenvalue weighted by Crippen LogP contribution is -2.43. The summed E-state index contributed by atoms with van der Waals surface area (Å²) in [4.78, 5) is 29.0. The monoisotopic (exact) mass is 234 g/mol. The van der Waals surface area contributed by atoms with Gasteiger partial charge in [0.25, 0.3) is 0 Å². The van der Waals surface area contributed by atoms with Gasteiger partial charge >= 0.3 is 5.97 Å². The number of fused-ring (bicyclic) bond motifs is 1. The number of nitrogens with zero attached hydrogens (tertiary/aromatic N) is 2. The van der Waals surface area contributed by atoms with Crippen LogP contribution in [0.15, 0.2) is 18.3 Å². The summed E-state index contributed by atoms with van der Waals surface area (Å²) in [6, 6.07) is 3.10. The van der Waals surface area contributed by atoms with Gasteiger partial charge in [0.2, 0.25) is 5.91 Å². The zero-order chi connectivity index (χ0) is 12.4. The largest absolute Gasteiger partial charge is 0.464 e. The maximum atomic E-state index is 11.8. The summed E-state index contributed by atoms with van der Waals surface area (Å²) in [6.07, 6.45) is 2.09. The minimum Gasteiger partial charge on any atom is -0.464 e. The second kappa shape index (κ2) is 4.53. The van der Waals surface area contributed by atoms with Crippen LogP contribution in [0.1, 0.15) is 19.4 Å². The van der Waals surface area contributed by atoms with Crippen molar-refractivity contribution < 1.29 is 14.3 Å². The molecule has 0 aliphatic carbocycles. The highest BCUT2D eigenvalue weighted by Gasteiger charge is 2.38. The number of carbonyl (C=O) groups excluding carboxylic acids is 2. The van der Waals surface area contributed by atoms with Gasteiger partial charge in [-0.2, -0.15) is 0 Å². The molecule has 1 atom stereocenters. The van der Waals surface area contributed by atoms with Crippen LogP contribution in [0.25, 0.3) is 0 Å². The second-order valence-corrected chi connectivity index (χ2v) is 3.85. The van der Waals surface area contributed by atoms with Gasteiger partial charge in [-0.3, -0.25) is 9.69 Å². The van der Waals surface area contributed by atoms with Crippen LogP contribution in [-0.4, -0.2) is 29.5 Å². The van der Waals surface area contributed by atoms with Crippen LogP contribution in [0.2, 0.25) is 0 Å². The average molecular weight is 234 g/mol. The van der Waals surface area contributed by atoms with Gasteiger partial charge in [-0.05, 0) is 18.6 Å². The standard InChI is InChI=1S/C12H14N2O3/c1-3-17-12(16)10-7-9-5-4-6-13-11(9)14(10)8(2)15/h4-6,10H,3,7H2,1-2H3. The first-order valence-electron chi connectivity index (χ1n) is 5.55. The summed E-state index contributed by atoms with van der Waals surface area (Å²) in [6.45, 7) is 3.48. The molecule has 5 nitrogen and oxygen atoms in total. The molecule has 2 heterocycles. The Balaban J connectivity index is 2.33. The summed E-state index contributed by atoms with van der Waals surface area (Å²) in [7, 11) is 0. The number of esters is 1. The van der Waals surface area contributed by atoms with Gasteiger partial charge in [-0.25, -0.2) is 9.78 Å². The lowest BCUT2D eigenvalue weighted by Gasteiger charge is -2.21. The molecule has 0 saturated heterocycles. The summed E-state index contributed by atoms with van der Waals surface area (Å²) in [5, 5.41) is 0. The zero-order valence-corrected chi connectivity index (χ0v) is 9.84. The van der Waals surface area contributed by atoms with E-state index in [0.717, 1.165) is 5.56 Å². The fourth-order valence-corrected chi connectivity index (χ4v) is 2.05.